The molecule has 1 N–H and O–H groups in total. The zero-order valence-corrected chi connectivity index (χ0v) is 18.3. The van der Waals surface area contributed by atoms with Gasteiger partial charge in [0.05, 0.1) is 0 Å². The number of hydrogen-bond donors (Lipinski definition) is 1. The van der Waals surface area contributed by atoms with Gasteiger partial charge in [-0.05, 0) is 63.3 Å². The van der Waals surface area contributed by atoms with Gasteiger partial charge in [-0.15, -0.1) is 0 Å². The molecule has 6 heteroatoms. The zero-order chi connectivity index (χ0) is 21.1. The van der Waals surface area contributed by atoms with Gasteiger partial charge < -0.3 is 24.9 Å². The Morgan fingerprint density at radius 3 is 2.27 bits per heavy atom. The third-order valence-corrected chi connectivity index (χ3v) is 6.40. The van der Waals surface area contributed by atoms with Crippen LogP contribution in [0.1, 0.15) is 12.0 Å². The van der Waals surface area contributed by atoms with E-state index < -0.39 is 0 Å². The van der Waals surface area contributed by atoms with Gasteiger partial charge in [0.1, 0.15) is 0 Å². The Balaban J connectivity index is 1.29. The highest BCUT2D eigenvalue weighted by Crippen LogP contribution is 2.24. The molecule has 0 saturated carbocycles. The standard InChI is InChI=1S/C24H33N5O/c1-19-6-4-5-7-23(19)27-14-16-28(17-15-27)24(30)25-20-8-10-21(11-9-20)29-13-12-22(18-29)26(2)3/h4-11,22H,12-18H2,1-3H3,(H,25,30). The topological polar surface area (TPSA) is 42.1 Å². The summed E-state index contributed by atoms with van der Waals surface area (Å²) in [5, 5.41) is 3.06. The van der Waals surface area contributed by atoms with Crippen molar-refractivity contribution in [1.29, 1.82) is 0 Å². The lowest BCUT2D eigenvalue weighted by molar-refractivity contribution is 0.208. The van der Waals surface area contributed by atoms with Crippen molar-refractivity contribution in [1.82, 2.24) is 9.80 Å². The number of urea groups is 1. The maximum atomic E-state index is 12.7. The number of para-hydroxylation sites is 1. The van der Waals surface area contributed by atoms with Gasteiger partial charge in [-0.25, -0.2) is 4.79 Å². The van der Waals surface area contributed by atoms with Gasteiger partial charge >= 0.3 is 6.03 Å². The van der Waals surface area contributed by atoms with Crippen molar-refractivity contribution in [2.24, 2.45) is 0 Å². The number of anilines is 3. The maximum Gasteiger partial charge on any atom is 0.321 e. The van der Waals surface area contributed by atoms with Gasteiger partial charge in [0, 0.05) is 62.4 Å². The van der Waals surface area contributed by atoms with E-state index in [-0.39, 0.29) is 6.03 Å². The smallest absolute Gasteiger partial charge is 0.321 e. The predicted molar refractivity (Wildman–Crippen MR) is 125 cm³/mol. The number of nitrogens with zero attached hydrogens (tertiary/aromatic N) is 4. The maximum absolute atomic E-state index is 12.7. The van der Waals surface area contributed by atoms with Crippen molar-refractivity contribution in [2.45, 2.75) is 19.4 Å². The van der Waals surface area contributed by atoms with Crippen molar-refractivity contribution in [3.05, 3.63) is 54.1 Å². The fourth-order valence-corrected chi connectivity index (χ4v) is 4.42. The molecular weight excluding hydrogens is 374 g/mol. The molecule has 2 aromatic rings. The van der Waals surface area contributed by atoms with Crippen LogP contribution in [-0.2, 0) is 0 Å². The number of benzene rings is 2. The van der Waals surface area contributed by atoms with E-state index in [0.29, 0.717) is 6.04 Å². The van der Waals surface area contributed by atoms with Crippen LogP contribution in [0.25, 0.3) is 0 Å². The van der Waals surface area contributed by atoms with E-state index >= 15 is 0 Å². The fraction of sp³-hybridized carbons (Fsp3) is 0.458. The number of aryl methyl sites for hydroxylation is 1. The lowest BCUT2D eigenvalue weighted by Crippen LogP contribution is -2.50. The van der Waals surface area contributed by atoms with Crippen LogP contribution in [0.15, 0.2) is 48.5 Å². The minimum Gasteiger partial charge on any atom is -0.370 e. The third-order valence-electron chi connectivity index (χ3n) is 6.40. The summed E-state index contributed by atoms with van der Waals surface area (Å²) in [5.41, 5.74) is 4.63. The van der Waals surface area contributed by atoms with Crippen LogP contribution in [0.4, 0.5) is 21.9 Å². The number of nitrogens with one attached hydrogen (secondary N) is 1. The molecular formula is C24H33N5O. The van der Waals surface area contributed by atoms with Crippen molar-refractivity contribution in [3.8, 4) is 0 Å². The van der Waals surface area contributed by atoms with Gasteiger partial charge in [-0.3, -0.25) is 0 Å². The Labute approximate surface area is 180 Å². The van der Waals surface area contributed by atoms with E-state index in [9.17, 15) is 4.79 Å². The molecule has 160 valence electrons. The first-order valence-electron chi connectivity index (χ1n) is 10.9. The highest BCUT2D eigenvalue weighted by atomic mass is 16.2. The van der Waals surface area contributed by atoms with Gasteiger partial charge in [0.2, 0.25) is 0 Å². The summed E-state index contributed by atoms with van der Waals surface area (Å²) in [6.45, 7) is 7.47. The van der Waals surface area contributed by atoms with Crippen LogP contribution < -0.4 is 15.1 Å². The highest BCUT2D eigenvalue weighted by molar-refractivity contribution is 5.89. The van der Waals surface area contributed by atoms with E-state index in [4.69, 9.17) is 0 Å². The van der Waals surface area contributed by atoms with Crippen molar-refractivity contribution in [3.63, 3.8) is 0 Å². The summed E-state index contributed by atoms with van der Waals surface area (Å²) in [4.78, 5) is 21.7. The number of amides is 2. The molecule has 2 heterocycles. The summed E-state index contributed by atoms with van der Waals surface area (Å²) >= 11 is 0. The van der Waals surface area contributed by atoms with Gasteiger partial charge in [0.25, 0.3) is 0 Å². The Hall–Kier alpha value is -2.73. The first kappa shape index (κ1) is 20.5. The fourth-order valence-electron chi connectivity index (χ4n) is 4.42. The summed E-state index contributed by atoms with van der Waals surface area (Å²) in [6, 6.07) is 17.3. The molecule has 1 unspecified atom stereocenters. The van der Waals surface area contributed by atoms with Crippen LogP contribution in [-0.4, -0.2) is 75.2 Å². The molecule has 0 bridgehead atoms. The number of likely N-dealkylation sites (N-methyl/N-ethyl adjacent to an activating group) is 1. The second kappa shape index (κ2) is 8.96. The predicted octanol–water partition coefficient (Wildman–Crippen LogP) is 3.49. The van der Waals surface area contributed by atoms with E-state index in [1.807, 2.05) is 17.0 Å². The number of rotatable bonds is 4. The van der Waals surface area contributed by atoms with Gasteiger partial charge in [0.15, 0.2) is 0 Å². The molecule has 2 fully saturated rings. The van der Waals surface area contributed by atoms with E-state index in [0.717, 1.165) is 45.0 Å². The van der Waals surface area contributed by atoms with Crippen LogP contribution >= 0.6 is 0 Å². The molecule has 2 aromatic carbocycles. The van der Waals surface area contributed by atoms with Gasteiger partial charge in [-0.2, -0.15) is 0 Å². The number of hydrogen-bond acceptors (Lipinski definition) is 4. The molecule has 0 aromatic heterocycles. The normalized spacial score (nSPS) is 19.5. The molecule has 2 saturated heterocycles. The van der Waals surface area contributed by atoms with E-state index in [1.165, 1.54) is 23.4 Å². The minimum atomic E-state index is -0.0129. The molecule has 0 aliphatic carbocycles. The molecule has 0 spiro atoms. The quantitative estimate of drug-likeness (QED) is 0.843. The second-order valence-electron chi connectivity index (χ2n) is 8.59. The number of carbonyl (C=O) groups excluding carboxylic acids is 1. The van der Waals surface area contributed by atoms with E-state index in [1.54, 1.807) is 0 Å². The zero-order valence-electron chi connectivity index (χ0n) is 18.3. The van der Waals surface area contributed by atoms with Gasteiger partial charge in [-0.1, -0.05) is 18.2 Å². The Kier molecular flexibility index (Phi) is 6.13. The Bertz CT molecular complexity index is 858. The summed E-state index contributed by atoms with van der Waals surface area (Å²) in [5.74, 6) is 0. The lowest BCUT2D eigenvalue weighted by atomic mass is 10.1. The molecule has 0 radical (unpaired) electrons. The summed E-state index contributed by atoms with van der Waals surface area (Å²) < 4.78 is 0. The Morgan fingerprint density at radius 2 is 1.63 bits per heavy atom. The summed E-state index contributed by atoms with van der Waals surface area (Å²) in [6.07, 6.45) is 1.19. The first-order chi connectivity index (χ1) is 14.5. The lowest BCUT2D eigenvalue weighted by Gasteiger charge is -2.36. The largest absolute Gasteiger partial charge is 0.370 e. The molecule has 2 amide bonds. The van der Waals surface area contributed by atoms with Crippen molar-refractivity contribution in [2.75, 3.05) is 68.5 Å². The van der Waals surface area contributed by atoms with Crippen LogP contribution in [0.3, 0.4) is 0 Å². The molecule has 2 aliphatic rings. The monoisotopic (exact) mass is 407 g/mol. The van der Waals surface area contributed by atoms with E-state index in [2.05, 4.69) is 77.4 Å². The highest BCUT2D eigenvalue weighted by Gasteiger charge is 2.24. The van der Waals surface area contributed by atoms with Crippen molar-refractivity contribution >= 4 is 23.1 Å². The number of carbonyl (C=O) groups is 1. The molecule has 4 rings (SSSR count). The first-order valence-corrected chi connectivity index (χ1v) is 10.9. The SMILES string of the molecule is Cc1ccccc1N1CCN(C(=O)Nc2ccc(N3CCC(N(C)C)C3)cc2)CC1. The molecule has 1 atom stereocenters. The summed E-state index contributed by atoms with van der Waals surface area (Å²) in [7, 11) is 4.29. The van der Waals surface area contributed by atoms with Crippen LogP contribution in [0.5, 0.6) is 0 Å². The number of piperazine rings is 1. The molecule has 30 heavy (non-hydrogen) atoms. The van der Waals surface area contributed by atoms with Crippen LogP contribution in [0.2, 0.25) is 0 Å². The van der Waals surface area contributed by atoms with Crippen LogP contribution in [0, 0.1) is 6.92 Å². The van der Waals surface area contributed by atoms with Crippen molar-refractivity contribution < 1.29 is 4.79 Å². The second-order valence-corrected chi connectivity index (χ2v) is 8.59. The average Bonchev–Trinajstić information content (AvgIpc) is 3.25. The minimum absolute atomic E-state index is 0.0129. The third kappa shape index (κ3) is 4.54. The molecule has 2 aliphatic heterocycles. The molecule has 6 nitrogen and oxygen atoms in total. The average molecular weight is 408 g/mol. The Morgan fingerprint density at radius 1 is 0.933 bits per heavy atom.